The fraction of sp³-hybridized carbons (Fsp3) is 0.400. The lowest BCUT2D eigenvalue weighted by molar-refractivity contribution is 0.0968. The second kappa shape index (κ2) is 6.75. The summed E-state index contributed by atoms with van der Waals surface area (Å²) in [6.45, 7) is 3.75. The first kappa shape index (κ1) is 15.9. The molecule has 5 heteroatoms. The van der Waals surface area contributed by atoms with Crippen LogP contribution in [0.2, 0.25) is 0 Å². The number of methoxy groups -OCH3 is 1. The van der Waals surface area contributed by atoms with Gasteiger partial charge in [0.1, 0.15) is 11.6 Å². The number of para-hydroxylation sites is 1. The molecule has 0 spiro atoms. The summed E-state index contributed by atoms with van der Waals surface area (Å²) >= 11 is 0. The van der Waals surface area contributed by atoms with Crippen LogP contribution in [0.4, 0.5) is 11.5 Å². The van der Waals surface area contributed by atoms with E-state index in [1.165, 1.54) is 5.69 Å². The minimum absolute atomic E-state index is 0.158. The van der Waals surface area contributed by atoms with E-state index >= 15 is 0 Å². The molecular weight excluding hydrogens is 314 g/mol. The molecule has 0 saturated carbocycles. The third kappa shape index (κ3) is 3.06. The number of aromatic nitrogens is 1. The van der Waals surface area contributed by atoms with Crippen LogP contribution in [0, 0.1) is 0 Å². The summed E-state index contributed by atoms with van der Waals surface area (Å²) in [7, 11) is 1.63. The topological polar surface area (TPSA) is 45.7 Å². The van der Waals surface area contributed by atoms with Crippen molar-refractivity contribution in [3.8, 4) is 5.75 Å². The van der Waals surface area contributed by atoms with Crippen molar-refractivity contribution in [1.29, 1.82) is 0 Å². The van der Waals surface area contributed by atoms with Gasteiger partial charge in [0.25, 0.3) is 0 Å². The SMILES string of the molecule is COc1cc(N2CCN(c3ccccc3)CC2)nc2c1C(=O)CCC2. The summed E-state index contributed by atoms with van der Waals surface area (Å²) in [6.07, 6.45) is 2.34. The van der Waals surface area contributed by atoms with Gasteiger partial charge in [0.15, 0.2) is 5.78 Å². The van der Waals surface area contributed by atoms with Gasteiger partial charge in [-0.15, -0.1) is 0 Å². The number of hydrogen-bond donors (Lipinski definition) is 0. The van der Waals surface area contributed by atoms with Crippen LogP contribution in [-0.2, 0) is 6.42 Å². The molecule has 1 aliphatic carbocycles. The smallest absolute Gasteiger partial charge is 0.168 e. The Morgan fingerprint density at radius 3 is 2.44 bits per heavy atom. The Kier molecular flexibility index (Phi) is 4.30. The Bertz CT molecular complexity index is 751. The number of ketones is 1. The molecular formula is C20H23N3O2. The molecule has 2 aliphatic rings. The van der Waals surface area contributed by atoms with E-state index in [1.54, 1.807) is 7.11 Å². The van der Waals surface area contributed by atoms with Gasteiger partial charge in [0.05, 0.1) is 18.4 Å². The molecule has 4 rings (SSSR count). The van der Waals surface area contributed by atoms with Crippen LogP contribution >= 0.6 is 0 Å². The fourth-order valence-corrected chi connectivity index (χ4v) is 3.73. The first-order valence-electron chi connectivity index (χ1n) is 8.92. The van der Waals surface area contributed by atoms with Crippen LogP contribution in [0.5, 0.6) is 5.75 Å². The van der Waals surface area contributed by atoms with Gasteiger partial charge in [-0.1, -0.05) is 18.2 Å². The van der Waals surface area contributed by atoms with Gasteiger partial charge in [0, 0.05) is 44.4 Å². The summed E-state index contributed by atoms with van der Waals surface area (Å²) < 4.78 is 5.51. The Hall–Kier alpha value is -2.56. The quantitative estimate of drug-likeness (QED) is 0.862. The van der Waals surface area contributed by atoms with Crippen molar-refractivity contribution >= 4 is 17.3 Å². The Balaban J connectivity index is 1.54. The molecule has 1 aliphatic heterocycles. The molecule has 0 atom stereocenters. The third-order valence-electron chi connectivity index (χ3n) is 5.09. The van der Waals surface area contributed by atoms with Gasteiger partial charge in [-0.25, -0.2) is 4.98 Å². The summed E-state index contributed by atoms with van der Waals surface area (Å²) in [6, 6.07) is 12.4. The Labute approximate surface area is 148 Å². The average molecular weight is 337 g/mol. The molecule has 5 nitrogen and oxygen atoms in total. The molecule has 0 amide bonds. The molecule has 0 N–H and O–H groups in total. The third-order valence-corrected chi connectivity index (χ3v) is 5.09. The largest absolute Gasteiger partial charge is 0.496 e. The Morgan fingerprint density at radius 1 is 1.00 bits per heavy atom. The van der Waals surface area contributed by atoms with Crippen LogP contribution in [0.1, 0.15) is 28.9 Å². The zero-order valence-electron chi connectivity index (χ0n) is 14.6. The maximum atomic E-state index is 12.2. The van der Waals surface area contributed by atoms with E-state index in [1.807, 2.05) is 12.1 Å². The number of piperazine rings is 1. The standard InChI is InChI=1S/C20H23N3O2/c1-25-18-14-19(21-16-8-5-9-17(24)20(16)18)23-12-10-22(11-13-23)15-6-3-2-4-7-15/h2-4,6-7,14H,5,8-13H2,1H3. The molecule has 130 valence electrons. The second-order valence-corrected chi connectivity index (χ2v) is 6.59. The van der Waals surface area contributed by atoms with E-state index in [2.05, 4.69) is 34.1 Å². The van der Waals surface area contributed by atoms with Gasteiger partial charge in [-0.05, 0) is 25.0 Å². The van der Waals surface area contributed by atoms with E-state index < -0.39 is 0 Å². The van der Waals surface area contributed by atoms with Crippen molar-refractivity contribution < 1.29 is 9.53 Å². The number of ether oxygens (including phenoxy) is 1. The highest BCUT2D eigenvalue weighted by atomic mass is 16.5. The lowest BCUT2D eigenvalue weighted by Crippen LogP contribution is -2.47. The maximum Gasteiger partial charge on any atom is 0.168 e. The Morgan fingerprint density at radius 2 is 1.72 bits per heavy atom. The molecule has 0 radical (unpaired) electrons. The zero-order chi connectivity index (χ0) is 17.2. The zero-order valence-corrected chi connectivity index (χ0v) is 14.6. The summed E-state index contributed by atoms with van der Waals surface area (Å²) in [5, 5.41) is 0. The normalized spacial score (nSPS) is 17.4. The molecule has 0 bridgehead atoms. The number of fused-ring (bicyclic) bond motifs is 1. The van der Waals surface area contributed by atoms with E-state index in [4.69, 9.17) is 9.72 Å². The summed E-state index contributed by atoms with van der Waals surface area (Å²) in [5.41, 5.74) is 2.86. The highest BCUT2D eigenvalue weighted by Gasteiger charge is 2.26. The predicted molar refractivity (Wildman–Crippen MR) is 98.9 cm³/mol. The molecule has 1 aromatic heterocycles. The fourth-order valence-electron chi connectivity index (χ4n) is 3.73. The molecule has 2 aromatic rings. The first-order chi connectivity index (χ1) is 12.3. The minimum Gasteiger partial charge on any atom is -0.496 e. The number of Topliss-reactive ketones (excluding diaryl/α,β-unsaturated/α-hetero) is 1. The van der Waals surface area contributed by atoms with Crippen molar-refractivity contribution in [1.82, 2.24) is 4.98 Å². The highest BCUT2D eigenvalue weighted by molar-refractivity contribution is 6.00. The molecule has 2 heterocycles. The van der Waals surface area contributed by atoms with Gasteiger partial charge >= 0.3 is 0 Å². The van der Waals surface area contributed by atoms with E-state index in [0.29, 0.717) is 17.7 Å². The van der Waals surface area contributed by atoms with Crippen molar-refractivity contribution in [2.75, 3.05) is 43.1 Å². The number of anilines is 2. The van der Waals surface area contributed by atoms with Crippen LogP contribution in [-0.4, -0.2) is 44.1 Å². The van der Waals surface area contributed by atoms with Crippen molar-refractivity contribution in [2.24, 2.45) is 0 Å². The lowest BCUT2D eigenvalue weighted by Gasteiger charge is -2.37. The van der Waals surface area contributed by atoms with Gasteiger partial charge in [-0.2, -0.15) is 0 Å². The number of pyridine rings is 1. The average Bonchev–Trinajstić information content (AvgIpc) is 2.68. The van der Waals surface area contributed by atoms with Crippen molar-refractivity contribution in [3.05, 3.63) is 47.7 Å². The minimum atomic E-state index is 0.158. The molecule has 1 aromatic carbocycles. The van der Waals surface area contributed by atoms with Crippen LogP contribution < -0.4 is 14.5 Å². The predicted octanol–water partition coefficient (Wildman–Crippen LogP) is 2.94. The number of hydrogen-bond acceptors (Lipinski definition) is 5. The molecule has 1 fully saturated rings. The van der Waals surface area contributed by atoms with E-state index in [-0.39, 0.29) is 5.78 Å². The summed E-state index contributed by atoms with van der Waals surface area (Å²) in [4.78, 5) is 21.7. The van der Waals surface area contributed by atoms with Gasteiger partial charge in [-0.3, -0.25) is 4.79 Å². The number of carbonyl (C=O) groups is 1. The van der Waals surface area contributed by atoms with Crippen LogP contribution in [0.3, 0.4) is 0 Å². The second-order valence-electron chi connectivity index (χ2n) is 6.59. The lowest BCUT2D eigenvalue weighted by atomic mass is 9.94. The number of aryl methyl sites for hydroxylation is 1. The van der Waals surface area contributed by atoms with E-state index in [9.17, 15) is 4.79 Å². The van der Waals surface area contributed by atoms with Gasteiger partial charge < -0.3 is 14.5 Å². The van der Waals surface area contributed by atoms with Crippen LogP contribution in [0.15, 0.2) is 36.4 Å². The number of rotatable bonds is 3. The number of benzene rings is 1. The van der Waals surface area contributed by atoms with Crippen molar-refractivity contribution in [3.63, 3.8) is 0 Å². The highest BCUT2D eigenvalue weighted by Crippen LogP contribution is 2.32. The molecule has 1 saturated heterocycles. The van der Waals surface area contributed by atoms with Crippen molar-refractivity contribution in [2.45, 2.75) is 19.3 Å². The molecule has 25 heavy (non-hydrogen) atoms. The maximum absolute atomic E-state index is 12.2. The number of carbonyl (C=O) groups excluding carboxylic acids is 1. The monoisotopic (exact) mass is 337 g/mol. The van der Waals surface area contributed by atoms with E-state index in [0.717, 1.165) is 50.5 Å². The van der Waals surface area contributed by atoms with Gasteiger partial charge in [0.2, 0.25) is 0 Å². The molecule has 0 unspecified atom stereocenters. The van der Waals surface area contributed by atoms with Crippen LogP contribution in [0.25, 0.3) is 0 Å². The number of nitrogens with zero attached hydrogens (tertiary/aromatic N) is 3. The first-order valence-corrected chi connectivity index (χ1v) is 8.92. The summed E-state index contributed by atoms with van der Waals surface area (Å²) in [5.74, 6) is 1.76.